The summed E-state index contributed by atoms with van der Waals surface area (Å²) in [5.41, 5.74) is 1.20. The standard InChI is InChI=1S/C20H27N3O4/c1-25-14-11-18-21-19(27-22-18)15-26-17-9-12-23(13-10-17)20(24)8-7-16-5-3-2-4-6-16/h2-6,17H,7-15H2,1H3. The van der Waals surface area contributed by atoms with Gasteiger partial charge in [-0.25, -0.2) is 0 Å². The lowest BCUT2D eigenvalue weighted by molar-refractivity contribution is -0.134. The summed E-state index contributed by atoms with van der Waals surface area (Å²) in [5.74, 6) is 1.34. The molecule has 1 aliphatic heterocycles. The molecule has 1 aliphatic rings. The summed E-state index contributed by atoms with van der Waals surface area (Å²) >= 11 is 0. The van der Waals surface area contributed by atoms with E-state index in [-0.39, 0.29) is 12.0 Å². The summed E-state index contributed by atoms with van der Waals surface area (Å²) in [7, 11) is 1.64. The average molecular weight is 373 g/mol. The van der Waals surface area contributed by atoms with Crippen LogP contribution in [0.4, 0.5) is 0 Å². The van der Waals surface area contributed by atoms with Gasteiger partial charge in [-0.2, -0.15) is 4.98 Å². The molecule has 0 spiro atoms. The molecule has 2 heterocycles. The number of nitrogens with zero attached hydrogens (tertiary/aromatic N) is 3. The average Bonchev–Trinajstić information content (AvgIpc) is 3.18. The number of aryl methyl sites for hydroxylation is 1. The first-order chi connectivity index (χ1) is 13.2. The van der Waals surface area contributed by atoms with Gasteiger partial charge in [0.25, 0.3) is 5.89 Å². The minimum absolute atomic E-state index is 0.123. The fourth-order valence-corrected chi connectivity index (χ4v) is 3.16. The monoisotopic (exact) mass is 373 g/mol. The minimum atomic E-state index is 0.123. The number of rotatable bonds is 9. The van der Waals surface area contributed by atoms with Gasteiger partial charge in [0.05, 0.1) is 12.7 Å². The zero-order valence-corrected chi connectivity index (χ0v) is 15.8. The lowest BCUT2D eigenvalue weighted by Crippen LogP contribution is -2.40. The van der Waals surface area contributed by atoms with Gasteiger partial charge < -0.3 is 18.9 Å². The molecule has 0 unspecified atom stereocenters. The van der Waals surface area contributed by atoms with Crippen LogP contribution in [0.25, 0.3) is 0 Å². The first-order valence-corrected chi connectivity index (χ1v) is 9.48. The number of benzene rings is 1. The molecule has 2 aromatic rings. The quantitative estimate of drug-likeness (QED) is 0.672. The van der Waals surface area contributed by atoms with Crippen molar-refractivity contribution in [3.63, 3.8) is 0 Å². The highest BCUT2D eigenvalue weighted by molar-refractivity contribution is 5.76. The normalized spacial score (nSPS) is 15.2. The van der Waals surface area contributed by atoms with Crippen molar-refractivity contribution in [3.8, 4) is 0 Å². The number of hydrogen-bond acceptors (Lipinski definition) is 6. The Morgan fingerprint density at radius 3 is 2.74 bits per heavy atom. The molecular formula is C20H27N3O4. The highest BCUT2D eigenvalue weighted by Crippen LogP contribution is 2.17. The number of carbonyl (C=O) groups excluding carboxylic acids is 1. The fourth-order valence-electron chi connectivity index (χ4n) is 3.16. The van der Waals surface area contributed by atoms with E-state index < -0.39 is 0 Å². The van der Waals surface area contributed by atoms with E-state index in [0.29, 0.717) is 37.8 Å². The summed E-state index contributed by atoms with van der Waals surface area (Å²) in [6.45, 7) is 2.35. The van der Waals surface area contributed by atoms with E-state index in [1.54, 1.807) is 7.11 Å². The Kier molecular flexibility index (Phi) is 7.36. The van der Waals surface area contributed by atoms with Gasteiger partial charge in [-0.05, 0) is 24.8 Å². The second-order valence-corrected chi connectivity index (χ2v) is 6.72. The molecular weight excluding hydrogens is 346 g/mol. The third-order valence-electron chi connectivity index (χ3n) is 4.75. The van der Waals surface area contributed by atoms with Crippen molar-refractivity contribution < 1.29 is 18.8 Å². The van der Waals surface area contributed by atoms with Gasteiger partial charge in [-0.3, -0.25) is 4.79 Å². The molecule has 1 saturated heterocycles. The van der Waals surface area contributed by atoms with Gasteiger partial charge in [-0.15, -0.1) is 0 Å². The molecule has 0 saturated carbocycles. The topological polar surface area (TPSA) is 77.7 Å². The molecule has 1 fully saturated rings. The molecule has 7 nitrogen and oxygen atoms in total. The van der Waals surface area contributed by atoms with Crippen LogP contribution in [0, 0.1) is 0 Å². The Bertz CT molecular complexity index is 696. The summed E-state index contributed by atoms with van der Waals surface area (Å²) in [5, 5.41) is 3.90. The van der Waals surface area contributed by atoms with Crippen molar-refractivity contribution in [2.45, 2.75) is 44.8 Å². The summed E-state index contributed by atoms with van der Waals surface area (Å²) < 4.78 is 16.1. The van der Waals surface area contributed by atoms with E-state index in [0.717, 1.165) is 32.4 Å². The maximum Gasteiger partial charge on any atom is 0.252 e. The van der Waals surface area contributed by atoms with Crippen LogP contribution in [0.1, 0.15) is 36.5 Å². The highest BCUT2D eigenvalue weighted by Gasteiger charge is 2.23. The van der Waals surface area contributed by atoms with Crippen LogP contribution >= 0.6 is 0 Å². The van der Waals surface area contributed by atoms with Crippen LogP contribution in [-0.4, -0.2) is 53.9 Å². The molecule has 7 heteroatoms. The van der Waals surface area contributed by atoms with Crippen molar-refractivity contribution in [3.05, 3.63) is 47.6 Å². The van der Waals surface area contributed by atoms with Gasteiger partial charge in [0.15, 0.2) is 5.82 Å². The molecule has 0 atom stereocenters. The van der Waals surface area contributed by atoms with Crippen molar-refractivity contribution >= 4 is 5.91 Å². The summed E-state index contributed by atoms with van der Waals surface area (Å²) in [4.78, 5) is 18.6. The Labute approximate surface area is 159 Å². The van der Waals surface area contributed by atoms with Crippen molar-refractivity contribution in [2.24, 2.45) is 0 Å². The third kappa shape index (κ3) is 6.15. The van der Waals surface area contributed by atoms with Gasteiger partial charge in [0, 0.05) is 33.0 Å². The van der Waals surface area contributed by atoms with Crippen molar-refractivity contribution in [1.29, 1.82) is 0 Å². The first kappa shape index (κ1) is 19.5. The Morgan fingerprint density at radius 2 is 2.00 bits per heavy atom. The smallest absolute Gasteiger partial charge is 0.252 e. The number of carbonyl (C=O) groups is 1. The van der Waals surface area contributed by atoms with Gasteiger partial charge >= 0.3 is 0 Å². The zero-order valence-electron chi connectivity index (χ0n) is 15.8. The Hall–Kier alpha value is -2.25. The lowest BCUT2D eigenvalue weighted by atomic mass is 10.1. The molecule has 1 aromatic carbocycles. The summed E-state index contributed by atoms with van der Waals surface area (Å²) in [6, 6.07) is 10.1. The molecule has 0 radical (unpaired) electrons. The number of ether oxygens (including phenoxy) is 2. The first-order valence-electron chi connectivity index (χ1n) is 9.48. The molecule has 146 valence electrons. The lowest BCUT2D eigenvalue weighted by Gasteiger charge is -2.31. The SMILES string of the molecule is COCCc1noc(COC2CCN(C(=O)CCc3ccccc3)CC2)n1. The van der Waals surface area contributed by atoms with Crippen LogP contribution < -0.4 is 0 Å². The Balaban J connectivity index is 1.34. The maximum atomic E-state index is 12.4. The Morgan fingerprint density at radius 1 is 1.22 bits per heavy atom. The van der Waals surface area contributed by atoms with E-state index in [1.807, 2.05) is 23.1 Å². The van der Waals surface area contributed by atoms with Gasteiger partial charge in [0.2, 0.25) is 5.91 Å². The van der Waals surface area contributed by atoms with Gasteiger partial charge in [-0.1, -0.05) is 35.5 Å². The number of hydrogen-bond donors (Lipinski definition) is 0. The second-order valence-electron chi connectivity index (χ2n) is 6.72. The predicted octanol–water partition coefficient (Wildman–Crippen LogP) is 2.40. The van der Waals surface area contributed by atoms with E-state index in [2.05, 4.69) is 22.3 Å². The van der Waals surface area contributed by atoms with Crippen LogP contribution in [0.2, 0.25) is 0 Å². The van der Waals surface area contributed by atoms with E-state index >= 15 is 0 Å². The van der Waals surface area contributed by atoms with Crippen molar-refractivity contribution in [2.75, 3.05) is 26.8 Å². The van der Waals surface area contributed by atoms with E-state index in [9.17, 15) is 4.79 Å². The molecule has 1 amide bonds. The zero-order chi connectivity index (χ0) is 18.9. The van der Waals surface area contributed by atoms with Crippen LogP contribution in [0.15, 0.2) is 34.9 Å². The van der Waals surface area contributed by atoms with Crippen LogP contribution in [-0.2, 0) is 33.7 Å². The van der Waals surface area contributed by atoms with E-state index in [1.165, 1.54) is 5.56 Å². The van der Waals surface area contributed by atoms with Crippen LogP contribution in [0.3, 0.4) is 0 Å². The number of methoxy groups -OCH3 is 1. The van der Waals surface area contributed by atoms with Crippen LogP contribution in [0.5, 0.6) is 0 Å². The molecule has 27 heavy (non-hydrogen) atoms. The maximum absolute atomic E-state index is 12.4. The summed E-state index contributed by atoms with van der Waals surface area (Å²) in [6.07, 6.45) is 3.77. The molecule has 0 N–H and O–H groups in total. The number of piperidine rings is 1. The molecule has 1 aromatic heterocycles. The molecule has 0 aliphatic carbocycles. The third-order valence-corrected chi connectivity index (χ3v) is 4.75. The predicted molar refractivity (Wildman–Crippen MR) is 99.0 cm³/mol. The largest absolute Gasteiger partial charge is 0.384 e. The van der Waals surface area contributed by atoms with Gasteiger partial charge in [0.1, 0.15) is 6.61 Å². The second kappa shape index (κ2) is 10.2. The minimum Gasteiger partial charge on any atom is -0.384 e. The highest BCUT2D eigenvalue weighted by atomic mass is 16.5. The number of amides is 1. The van der Waals surface area contributed by atoms with Crippen molar-refractivity contribution in [1.82, 2.24) is 15.0 Å². The molecule has 0 bridgehead atoms. The number of likely N-dealkylation sites (tertiary alicyclic amines) is 1. The fraction of sp³-hybridized carbons (Fsp3) is 0.550. The van der Waals surface area contributed by atoms with E-state index in [4.69, 9.17) is 14.0 Å². The number of aromatic nitrogens is 2. The molecule has 3 rings (SSSR count).